The van der Waals surface area contributed by atoms with E-state index in [4.69, 9.17) is 4.74 Å². The van der Waals surface area contributed by atoms with Gasteiger partial charge in [0.1, 0.15) is 6.04 Å². The third-order valence-electron chi connectivity index (χ3n) is 3.50. The summed E-state index contributed by atoms with van der Waals surface area (Å²) in [6, 6.07) is 4.12. The number of halogens is 3. The van der Waals surface area contributed by atoms with Gasteiger partial charge in [0.25, 0.3) is 0 Å². The summed E-state index contributed by atoms with van der Waals surface area (Å²) in [6.45, 7) is 2.24. The molecule has 1 aliphatic rings. The minimum Gasteiger partial charge on any atom is -0.468 e. The molecular formula is C14H17F3N2O2. The van der Waals surface area contributed by atoms with Crippen molar-refractivity contribution in [3.8, 4) is 0 Å². The number of hydrogen-bond acceptors (Lipinski definition) is 4. The SMILES string of the molecule is COC(=O)C(c1ccccc1C(F)(F)F)N1CCNCC1. The number of hydrogen-bond donors (Lipinski definition) is 1. The number of benzene rings is 1. The van der Waals surface area contributed by atoms with Gasteiger partial charge in [0.05, 0.1) is 12.7 Å². The van der Waals surface area contributed by atoms with Gasteiger partial charge in [-0.15, -0.1) is 0 Å². The Hall–Kier alpha value is -1.60. The zero-order valence-electron chi connectivity index (χ0n) is 11.6. The third-order valence-corrected chi connectivity index (χ3v) is 3.50. The number of rotatable bonds is 3. The van der Waals surface area contributed by atoms with E-state index < -0.39 is 23.8 Å². The average Bonchev–Trinajstić information content (AvgIpc) is 2.48. The molecule has 1 aromatic rings. The maximum absolute atomic E-state index is 13.2. The first-order valence-corrected chi connectivity index (χ1v) is 6.64. The predicted molar refractivity (Wildman–Crippen MR) is 70.6 cm³/mol. The number of methoxy groups -OCH3 is 1. The molecule has 1 saturated heterocycles. The monoisotopic (exact) mass is 302 g/mol. The molecule has 7 heteroatoms. The highest BCUT2D eigenvalue weighted by Gasteiger charge is 2.39. The molecule has 0 amide bonds. The highest BCUT2D eigenvalue weighted by atomic mass is 19.4. The molecular weight excluding hydrogens is 285 g/mol. The molecule has 1 unspecified atom stereocenters. The first-order chi connectivity index (χ1) is 9.95. The van der Waals surface area contributed by atoms with Gasteiger partial charge in [0.15, 0.2) is 0 Å². The number of piperazine rings is 1. The van der Waals surface area contributed by atoms with Crippen molar-refractivity contribution in [1.29, 1.82) is 0 Å². The Morgan fingerprint density at radius 2 is 1.90 bits per heavy atom. The van der Waals surface area contributed by atoms with E-state index >= 15 is 0 Å². The van der Waals surface area contributed by atoms with E-state index in [0.717, 1.165) is 6.07 Å². The van der Waals surface area contributed by atoms with Crippen LogP contribution in [0.5, 0.6) is 0 Å². The van der Waals surface area contributed by atoms with E-state index in [1.165, 1.54) is 25.3 Å². The number of carbonyl (C=O) groups excluding carboxylic acids is 1. The molecule has 1 N–H and O–H groups in total. The van der Waals surface area contributed by atoms with Crippen molar-refractivity contribution in [3.05, 3.63) is 35.4 Å². The molecule has 0 radical (unpaired) electrons. The molecule has 1 aliphatic heterocycles. The summed E-state index contributed by atoms with van der Waals surface area (Å²) in [5, 5.41) is 3.11. The molecule has 2 rings (SSSR count). The quantitative estimate of drug-likeness (QED) is 0.865. The van der Waals surface area contributed by atoms with Crippen LogP contribution in [0.4, 0.5) is 13.2 Å². The van der Waals surface area contributed by atoms with Crippen LogP contribution < -0.4 is 5.32 Å². The topological polar surface area (TPSA) is 41.6 Å². The van der Waals surface area contributed by atoms with Gasteiger partial charge in [-0.2, -0.15) is 13.2 Å². The lowest BCUT2D eigenvalue weighted by Crippen LogP contribution is -2.47. The number of nitrogens with zero attached hydrogens (tertiary/aromatic N) is 1. The van der Waals surface area contributed by atoms with Crippen molar-refractivity contribution >= 4 is 5.97 Å². The highest BCUT2D eigenvalue weighted by molar-refractivity contribution is 5.78. The second kappa shape index (κ2) is 6.44. The second-order valence-electron chi connectivity index (χ2n) is 4.80. The molecule has 4 nitrogen and oxygen atoms in total. The van der Waals surface area contributed by atoms with Crippen molar-refractivity contribution in [2.75, 3.05) is 33.3 Å². The summed E-state index contributed by atoms with van der Waals surface area (Å²) >= 11 is 0. The molecule has 1 aromatic carbocycles. The van der Waals surface area contributed by atoms with Gasteiger partial charge < -0.3 is 10.1 Å². The lowest BCUT2D eigenvalue weighted by atomic mass is 9.98. The number of ether oxygens (including phenoxy) is 1. The lowest BCUT2D eigenvalue weighted by Gasteiger charge is -2.34. The van der Waals surface area contributed by atoms with Crippen LogP contribution in [0.1, 0.15) is 17.2 Å². The van der Waals surface area contributed by atoms with E-state index in [0.29, 0.717) is 26.2 Å². The van der Waals surface area contributed by atoms with Crippen LogP contribution in [-0.4, -0.2) is 44.2 Å². The standard InChI is InChI=1S/C14H17F3N2O2/c1-21-13(20)12(19-8-6-18-7-9-19)10-4-2-3-5-11(10)14(15,16)17/h2-5,12,18H,6-9H2,1H3. The Morgan fingerprint density at radius 1 is 1.29 bits per heavy atom. The van der Waals surface area contributed by atoms with Crippen LogP contribution in [0, 0.1) is 0 Å². The Kier molecular flexibility index (Phi) is 4.84. The molecule has 21 heavy (non-hydrogen) atoms. The van der Waals surface area contributed by atoms with Crippen LogP contribution in [0.3, 0.4) is 0 Å². The summed E-state index contributed by atoms with van der Waals surface area (Å²) in [5.74, 6) is -0.673. The van der Waals surface area contributed by atoms with Crippen molar-refractivity contribution in [3.63, 3.8) is 0 Å². The molecule has 0 aliphatic carbocycles. The summed E-state index contributed by atoms with van der Waals surface area (Å²) in [7, 11) is 1.19. The number of alkyl halides is 3. The zero-order valence-corrected chi connectivity index (χ0v) is 11.6. The number of carbonyl (C=O) groups is 1. The Balaban J connectivity index is 2.44. The summed E-state index contributed by atoms with van der Waals surface area (Å²) in [4.78, 5) is 13.8. The molecule has 1 fully saturated rings. The van der Waals surface area contributed by atoms with E-state index in [-0.39, 0.29) is 5.56 Å². The largest absolute Gasteiger partial charge is 0.468 e. The van der Waals surface area contributed by atoms with Crippen molar-refractivity contribution < 1.29 is 22.7 Å². The lowest BCUT2D eigenvalue weighted by molar-refractivity contribution is -0.149. The summed E-state index contributed by atoms with van der Waals surface area (Å²) < 4.78 is 44.2. The van der Waals surface area contributed by atoms with Gasteiger partial charge in [-0.3, -0.25) is 4.90 Å². The Morgan fingerprint density at radius 3 is 2.48 bits per heavy atom. The molecule has 1 atom stereocenters. The molecule has 0 saturated carbocycles. The fraction of sp³-hybridized carbons (Fsp3) is 0.500. The zero-order chi connectivity index (χ0) is 15.5. The first-order valence-electron chi connectivity index (χ1n) is 6.64. The molecule has 0 bridgehead atoms. The van der Waals surface area contributed by atoms with Crippen molar-refractivity contribution in [2.45, 2.75) is 12.2 Å². The Labute approximate surface area is 120 Å². The average molecular weight is 302 g/mol. The fourth-order valence-electron chi connectivity index (χ4n) is 2.52. The van der Waals surface area contributed by atoms with Gasteiger partial charge in [0, 0.05) is 26.2 Å². The third kappa shape index (κ3) is 3.54. The molecule has 0 spiro atoms. The fourth-order valence-corrected chi connectivity index (χ4v) is 2.52. The highest BCUT2D eigenvalue weighted by Crippen LogP contribution is 2.36. The number of esters is 1. The van der Waals surface area contributed by atoms with Gasteiger partial charge in [-0.05, 0) is 11.6 Å². The smallest absolute Gasteiger partial charge is 0.416 e. The number of nitrogens with one attached hydrogen (secondary N) is 1. The van der Waals surface area contributed by atoms with Gasteiger partial charge in [0.2, 0.25) is 0 Å². The van der Waals surface area contributed by atoms with E-state index in [9.17, 15) is 18.0 Å². The maximum Gasteiger partial charge on any atom is 0.416 e. The molecule has 0 aromatic heterocycles. The molecule has 116 valence electrons. The summed E-state index contributed by atoms with van der Waals surface area (Å²) in [6.07, 6.45) is -4.50. The second-order valence-corrected chi connectivity index (χ2v) is 4.80. The van der Waals surface area contributed by atoms with Gasteiger partial charge >= 0.3 is 12.1 Å². The van der Waals surface area contributed by atoms with Crippen molar-refractivity contribution in [1.82, 2.24) is 10.2 Å². The van der Waals surface area contributed by atoms with E-state index in [1.807, 2.05) is 0 Å². The van der Waals surface area contributed by atoms with Crippen LogP contribution >= 0.6 is 0 Å². The summed E-state index contributed by atoms with van der Waals surface area (Å²) in [5.41, 5.74) is -0.849. The van der Waals surface area contributed by atoms with E-state index in [2.05, 4.69) is 5.32 Å². The maximum atomic E-state index is 13.2. The van der Waals surface area contributed by atoms with Crippen LogP contribution in [-0.2, 0) is 15.7 Å². The van der Waals surface area contributed by atoms with E-state index in [1.54, 1.807) is 4.90 Å². The predicted octanol–water partition coefficient (Wildman–Crippen LogP) is 1.82. The van der Waals surface area contributed by atoms with Crippen LogP contribution in [0.25, 0.3) is 0 Å². The normalized spacial score (nSPS) is 18.3. The van der Waals surface area contributed by atoms with Crippen LogP contribution in [0.15, 0.2) is 24.3 Å². The first kappa shape index (κ1) is 15.8. The minimum atomic E-state index is -4.50. The van der Waals surface area contributed by atoms with Crippen LogP contribution in [0.2, 0.25) is 0 Å². The Bertz CT molecular complexity index is 499. The minimum absolute atomic E-state index is 0.0567. The molecule has 1 heterocycles. The van der Waals surface area contributed by atoms with Gasteiger partial charge in [-0.1, -0.05) is 18.2 Å². The van der Waals surface area contributed by atoms with Crippen molar-refractivity contribution in [2.24, 2.45) is 0 Å². The van der Waals surface area contributed by atoms with Gasteiger partial charge in [-0.25, -0.2) is 4.79 Å².